The van der Waals surface area contributed by atoms with Crippen molar-refractivity contribution < 1.29 is 24.1 Å². The molecular formula is C14H18O5P+. The van der Waals surface area contributed by atoms with E-state index < -0.39 is 13.7 Å². The van der Waals surface area contributed by atoms with Gasteiger partial charge in [-0.1, -0.05) is 37.3 Å². The molecule has 1 aromatic rings. The van der Waals surface area contributed by atoms with Crippen molar-refractivity contribution in [3.8, 4) is 0 Å². The second-order valence-electron chi connectivity index (χ2n) is 4.53. The highest BCUT2D eigenvalue weighted by atomic mass is 31.2. The Kier molecular flexibility index (Phi) is 4.76. The Morgan fingerprint density at radius 1 is 1.35 bits per heavy atom. The summed E-state index contributed by atoms with van der Waals surface area (Å²) in [6.07, 6.45) is 0.709. The molecule has 0 fully saturated rings. The van der Waals surface area contributed by atoms with E-state index in [0.717, 1.165) is 5.56 Å². The van der Waals surface area contributed by atoms with E-state index in [4.69, 9.17) is 9.47 Å². The van der Waals surface area contributed by atoms with Crippen LogP contribution >= 0.6 is 7.72 Å². The van der Waals surface area contributed by atoms with Crippen molar-refractivity contribution in [2.24, 2.45) is 0 Å². The van der Waals surface area contributed by atoms with E-state index in [0.29, 0.717) is 18.3 Å². The molecule has 0 unspecified atom stereocenters. The minimum atomic E-state index is -3.36. The summed E-state index contributed by atoms with van der Waals surface area (Å²) in [5.74, 6) is -0.467. The number of esters is 1. The smallest absolute Gasteiger partial charge is 0.332 e. The molecule has 108 valence electrons. The van der Waals surface area contributed by atoms with E-state index in [1.807, 2.05) is 30.3 Å². The average molecular weight is 297 g/mol. The first-order chi connectivity index (χ1) is 9.53. The molecule has 5 nitrogen and oxygen atoms in total. The summed E-state index contributed by atoms with van der Waals surface area (Å²) in [6.45, 7) is 1.97. The van der Waals surface area contributed by atoms with Crippen molar-refractivity contribution in [1.29, 1.82) is 0 Å². The Bertz CT molecular complexity index is 510. The summed E-state index contributed by atoms with van der Waals surface area (Å²) in [7, 11) is -3.36. The predicted octanol–water partition coefficient (Wildman–Crippen LogP) is 2.56. The number of benzene rings is 1. The van der Waals surface area contributed by atoms with Gasteiger partial charge in [0.05, 0.1) is 13.0 Å². The summed E-state index contributed by atoms with van der Waals surface area (Å²) in [4.78, 5) is 32.0. The number of rotatable bonds is 5. The standard InChI is InChI=1S/C14H18O5P/c1-2-13(15)19-14-12(8-9-18-14)20(16,17)10-11-6-4-3-5-7-11/h3-7,16-17H,2,8-10H2,1H3/q+1. The fraction of sp³-hybridized carbons (Fsp3) is 0.357. The maximum atomic E-state index is 11.3. The summed E-state index contributed by atoms with van der Waals surface area (Å²) in [5.41, 5.74) is 0.825. The van der Waals surface area contributed by atoms with Crippen molar-refractivity contribution in [2.75, 3.05) is 6.61 Å². The van der Waals surface area contributed by atoms with E-state index in [1.165, 1.54) is 0 Å². The van der Waals surface area contributed by atoms with Gasteiger partial charge in [0.15, 0.2) is 0 Å². The minimum absolute atomic E-state index is 0.0221. The van der Waals surface area contributed by atoms with Crippen LogP contribution in [0.3, 0.4) is 0 Å². The van der Waals surface area contributed by atoms with Crippen molar-refractivity contribution in [3.63, 3.8) is 0 Å². The summed E-state index contributed by atoms with van der Waals surface area (Å²) < 4.78 is 10.2. The lowest BCUT2D eigenvalue weighted by Crippen LogP contribution is -2.06. The van der Waals surface area contributed by atoms with E-state index in [2.05, 4.69) is 0 Å². The number of carbonyl (C=O) groups is 1. The molecule has 1 heterocycles. The van der Waals surface area contributed by atoms with Crippen LogP contribution in [0.5, 0.6) is 0 Å². The summed E-state index contributed by atoms with van der Waals surface area (Å²) >= 11 is 0. The third-order valence-corrected chi connectivity index (χ3v) is 5.06. The van der Waals surface area contributed by atoms with Gasteiger partial charge in [0.2, 0.25) is 5.31 Å². The van der Waals surface area contributed by atoms with E-state index in [-0.39, 0.29) is 18.5 Å². The Balaban J connectivity index is 2.18. The molecule has 20 heavy (non-hydrogen) atoms. The number of carbonyl (C=O) groups excluding carboxylic acids is 1. The molecular weight excluding hydrogens is 279 g/mol. The fourth-order valence-corrected chi connectivity index (χ4v) is 3.71. The topological polar surface area (TPSA) is 76.0 Å². The molecule has 1 aliphatic rings. The van der Waals surface area contributed by atoms with Gasteiger partial charge in [0.25, 0.3) is 0 Å². The Morgan fingerprint density at radius 2 is 2.05 bits per heavy atom. The van der Waals surface area contributed by atoms with E-state index in [1.54, 1.807) is 6.92 Å². The average Bonchev–Trinajstić information content (AvgIpc) is 2.88. The summed E-state index contributed by atoms with van der Waals surface area (Å²) in [5, 5.41) is 0.322. The third-order valence-electron chi connectivity index (χ3n) is 2.98. The lowest BCUT2D eigenvalue weighted by molar-refractivity contribution is -0.143. The molecule has 6 heteroatoms. The predicted molar refractivity (Wildman–Crippen MR) is 75.5 cm³/mol. The molecule has 0 saturated carbocycles. The molecule has 0 aromatic heterocycles. The second kappa shape index (κ2) is 6.35. The van der Waals surface area contributed by atoms with E-state index in [9.17, 15) is 14.6 Å². The lowest BCUT2D eigenvalue weighted by atomic mass is 10.2. The third kappa shape index (κ3) is 3.57. The van der Waals surface area contributed by atoms with Crippen molar-refractivity contribution in [2.45, 2.75) is 25.9 Å². The fourth-order valence-electron chi connectivity index (χ4n) is 1.95. The van der Waals surface area contributed by atoms with Gasteiger partial charge >= 0.3 is 19.6 Å². The largest absolute Gasteiger partial charge is 0.462 e. The van der Waals surface area contributed by atoms with Crippen LogP contribution in [0.15, 0.2) is 41.6 Å². The molecule has 1 aromatic carbocycles. The second-order valence-corrected chi connectivity index (χ2v) is 6.85. The maximum absolute atomic E-state index is 11.3. The van der Waals surface area contributed by atoms with Crippen LogP contribution in [0.25, 0.3) is 0 Å². The highest BCUT2D eigenvalue weighted by Gasteiger charge is 2.46. The quantitative estimate of drug-likeness (QED) is 0.645. The SMILES string of the molecule is CCC(=O)OC1=C([P+](O)(O)Cc2ccccc2)CCO1. The Labute approximate surface area is 118 Å². The monoisotopic (exact) mass is 297 g/mol. The van der Waals surface area contributed by atoms with Gasteiger partial charge in [-0.3, -0.25) is 4.79 Å². The van der Waals surface area contributed by atoms with Gasteiger partial charge in [-0.2, -0.15) is 0 Å². The van der Waals surface area contributed by atoms with Crippen LogP contribution in [0, 0.1) is 0 Å². The molecule has 2 N–H and O–H groups in total. The van der Waals surface area contributed by atoms with Crippen molar-refractivity contribution >= 4 is 13.7 Å². The van der Waals surface area contributed by atoms with Gasteiger partial charge in [-0.05, 0) is 5.56 Å². The van der Waals surface area contributed by atoms with Crippen LogP contribution < -0.4 is 0 Å². The molecule has 0 bridgehead atoms. The molecule has 1 aliphatic heterocycles. The van der Waals surface area contributed by atoms with Crippen LogP contribution in [0.2, 0.25) is 0 Å². The van der Waals surface area contributed by atoms with E-state index >= 15 is 0 Å². The first-order valence-corrected chi connectivity index (χ1v) is 8.35. The number of ether oxygens (including phenoxy) is 2. The Morgan fingerprint density at radius 3 is 2.70 bits per heavy atom. The molecule has 0 spiro atoms. The molecule has 2 rings (SSSR count). The van der Waals surface area contributed by atoms with Crippen LogP contribution in [-0.2, 0) is 20.4 Å². The number of hydrogen-bond donors (Lipinski definition) is 2. The van der Waals surface area contributed by atoms with Crippen LogP contribution in [0.1, 0.15) is 25.3 Å². The zero-order valence-electron chi connectivity index (χ0n) is 11.3. The van der Waals surface area contributed by atoms with Gasteiger partial charge in [0.1, 0.15) is 6.16 Å². The highest BCUT2D eigenvalue weighted by Crippen LogP contribution is 2.64. The van der Waals surface area contributed by atoms with Crippen LogP contribution in [0.4, 0.5) is 0 Å². The molecule has 0 aliphatic carbocycles. The molecule has 0 saturated heterocycles. The van der Waals surface area contributed by atoms with Gasteiger partial charge in [0, 0.05) is 6.42 Å². The zero-order chi connectivity index (χ0) is 14.6. The lowest BCUT2D eigenvalue weighted by Gasteiger charge is -2.13. The Hall–Kier alpha value is -1.42. The first-order valence-electron chi connectivity index (χ1n) is 6.47. The zero-order valence-corrected chi connectivity index (χ0v) is 12.2. The van der Waals surface area contributed by atoms with Gasteiger partial charge < -0.3 is 9.47 Å². The van der Waals surface area contributed by atoms with Gasteiger partial charge in [-0.15, -0.1) is 0 Å². The van der Waals surface area contributed by atoms with Crippen molar-refractivity contribution in [1.82, 2.24) is 0 Å². The highest BCUT2D eigenvalue weighted by molar-refractivity contribution is 7.68. The summed E-state index contributed by atoms with van der Waals surface area (Å²) in [6, 6.07) is 9.20. The van der Waals surface area contributed by atoms with Gasteiger partial charge in [-0.25, -0.2) is 9.79 Å². The minimum Gasteiger partial charge on any atom is -0.462 e. The molecule has 0 radical (unpaired) electrons. The first kappa shape index (κ1) is 15.0. The molecule has 0 atom stereocenters. The molecule has 0 amide bonds. The normalized spacial score (nSPS) is 15.2. The van der Waals surface area contributed by atoms with Crippen LogP contribution in [-0.4, -0.2) is 22.4 Å². The number of hydrogen-bond acceptors (Lipinski definition) is 5. The van der Waals surface area contributed by atoms with Crippen molar-refractivity contribution in [3.05, 3.63) is 47.2 Å². The maximum Gasteiger partial charge on any atom is 0.332 e.